The van der Waals surface area contributed by atoms with Crippen molar-refractivity contribution < 1.29 is 27.5 Å². The highest BCUT2D eigenvalue weighted by atomic mass is 32.2. The third-order valence-corrected chi connectivity index (χ3v) is 7.70. The number of hydrogen-bond donors (Lipinski definition) is 1. The predicted octanol–water partition coefficient (Wildman–Crippen LogP) is 1.17. The van der Waals surface area contributed by atoms with Gasteiger partial charge >= 0.3 is 0 Å². The van der Waals surface area contributed by atoms with Gasteiger partial charge in [-0.15, -0.1) is 0 Å². The smallest absolute Gasteiger partial charge is 0.246 e. The Morgan fingerprint density at radius 3 is 2.69 bits per heavy atom. The molecule has 2 amide bonds. The summed E-state index contributed by atoms with van der Waals surface area (Å²) in [7, 11) is -2.32. The van der Waals surface area contributed by atoms with E-state index in [9.17, 15) is 18.0 Å². The second-order valence-electron chi connectivity index (χ2n) is 8.07. The summed E-state index contributed by atoms with van der Waals surface area (Å²) in [5.74, 6) is 0.260. The van der Waals surface area contributed by atoms with Crippen molar-refractivity contribution in [1.82, 2.24) is 14.5 Å². The number of morpholine rings is 1. The molecule has 0 unspecified atom stereocenters. The van der Waals surface area contributed by atoms with Crippen molar-refractivity contribution in [3.05, 3.63) is 23.8 Å². The lowest BCUT2D eigenvalue weighted by Gasteiger charge is -2.26. The fourth-order valence-corrected chi connectivity index (χ4v) is 5.59. The van der Waals surface area contributed by atoms with Gasteiger partial charge in [-0.05, 0) is 37.0 Å². The number of amides is 2. The lowest BCUT2D eigenvalue weighted by atomic mass is 10.1. The Morgan fingerprint density at radius 2 is 1.94 bits per heavy atom. The van der Waals surface area contributed by atoms with Crippen molar-refractivity contribution in [2.24, 2.45) is 0 Å². The number of benzene rings is 1. The zero-order chi connectivity index (χ0) is 23.0. The molecule has 178 valence electrons. The maximum atomic E-state index is 13.1. The molecule has 1 N–H and O–H groups in total. The van der Waals surface area contributed by atoms with Gasteiger partial charge in [0.25, 0.3) is 0 Å². The number of nitrogens with zero attached hydrogens (tertiary/aromatic N) is 2. The van der Waals surface area contributed by atoms with Crippen LogP contribution in [0.1, 0.15) is 37.7 Å². The van der Waals surface area contributed by atoms with Crippen LogP contribution in [0.4, 0.5) is 0 Å². The first-order valence-electron chi connectivity index (χ1n) is 11.2. The van der Waals surface area contributed by atoms with Crippen LogP contribution in [0, 0.1) is 0 Å². The minimum atomic E-state index is -3.75. The van der Waals surface area contributed by atoms with Gasteiger partial charge in [-0.25, -0.2) is 8.42 Å². The summed E-state index contributed by atoms with van der Waals surface area (Å²) in [6.45, 7) is 3.19. The van der Waals surface area contributed by atoms with Gasteiger partial charge in [0.05, 0.1) is 26.7 Å². The third-order valence-electron chi connectivity index (χ3n) is 5.78. The molecule has 2 saturated heterocycles. The molecule has 32 heavy (non-hydrogen) atoms. The summed E-state index contributed by atoms with van der Waals surface area (Å²) >= 11 is 0. The van der Waals surface area contributed by atoms with Gasteiger partial charge in [0.1, 0.15) is 10.6 Å². The van der Waals surface area contributed by atoms with Crippen LogP contribution in [-0.2, 0) is 30.8 Å². The van der Waals surface area contributed by atoms with Gasteiger partial charge in [0.2, 0.25) is 21.8 Å². The van der Waals surface area contributed by atoms with Crippen LogP contribution in [0.5, 0.6) is 5.75 Å². The summed E-state index contributed by atoms with van der Waals surface area (Å²) in [5, 5.41) is 2.87. The fourth-order valence-electron chi connectivity index (χ4n) is 3.98. The van der Waals surface area contributed by atoms with Crippen LogP contribution < -0.4 is 10.1 Å². The standard InChI is InChI=1S/C22H33N3O6S/c1-30-19-8-7-18(16-20(19)32(28,29)25-12-14-31-15-13-25)17-21(26)23-9-5-11-24-10-4-2-3-6-22(24)27/h7-8,16H,2-6,9-15,17H2,1H3,(H,23,26). The van der Waals surface area contributed by atoms with Gasteiger partial charge in [-0.2, -0.15) is 4.31 Å². The van der Waals surface area contributed by atoms with Crippen molar-refractivity contribution in [2.75, 3.05) is 53.0 Å². The molecule has 0 spiro atoms. The van der Waals surface area contributed by atoms with Crippen molar-refractivity contribution >= 4 is 21.8 Å². The van der Waals surface area contributed by atoms with Crippen molar-refractivity contribution in [2.45, 2.75) is 43.4 Å². The topological polar surface area (TPSA) is 105 Å². The molecule has 2 fully saturated rings. The highest BCUT2D eigenvalue weighted by Gasteiger charge is 2.29. The fraction of sp³-hybridized carbons (Fsp3) is 0.636. The van der Waals surface area contributed by atoms with Crippen molar-refractivity contribution in [3.8, 4) is 5.75 Å². The molecule has 3 rings (SSSR count). The molecule has 0 aromatic heterocycles. The molecule has 10 heteroatoms. The Kier molecular flexibility index (Phi) is 8.89. The number of nitrogens with one attached hydrogen (secondary N) is 1. The average Bonchev–Trinajstić information content (AvgIpc) is 3.01. The Morgan fingerprint density at radius 1 is 1.16 bits per heavy atom. The maximum absolute atomic E-state index is 13.1. The SMILES string of the molecule is COc1ccc(CC(=O)NCCCN2CCCCCC2=O)cc1S(=O)(=O)N1CCOCC1. The van der Waals surface area contributed by atoms with Crippen LogP contribution in [0.2, 0.25) is 0 Å². The van der Waals surface area contributed by atoms with Crippen molar-refractivity contribution in [3.63, 3.8) is 0 Å². The molecule has 1 aromatic rings. The Bertz CT molecular complexity index is 899. The number of sulfonamides is 1. The number of ether oxygens (including phenoxy) is 2. The average molecular weight is 468 g/mol. The van der Waals surface area contributed by atoms with Crippen LogP contribution in [0.15, 0.2) is 23.1 Å². The van der Waals surface area contributed by atoms with Crippen LogP contribution in [0.25, 0.3) is 0 Å². The summed E-state index contributed by atoms with van der Waals surface area (Å²) in [4.78, 5) is 26.4. The molecule has 2 aliphatic heterocycles. The van der Waals surface area contributed by atoms with Crippen LogP contribution >= 0.6 is 0 Å². The molecular formula is C22H33N3O6S. The molecule has 2 aliphatic rings. The Balaban J connectivity index is 1.55. The summed E-state index contributed by atoms with van der Waals surface area (Å²) < 4.78 is 38.0. The highest BCUT2D eigenvalue weighted by Crippen LogP contribution is 2.28. The van der Waals surface area contributed by atoms with Gasteiger partial charge < -0.3 is 19.7 Å². The number of hydrogen-bond acceptors (Lipinski definition) is 6. The monoisotopic (exact) mass is 467 g/mol. The Labute approximate surface area is 190 Å². The van der Waals surface area contributed by atoms with E-state index in [1.807, 2.05) is 4.90 Å². The first kappa shape index (κ1) is 24.5. The van der Waals surface area contributed by atoms with Gasteiger partial charge in [0, 0.05) is 39.1 Å². The summed E-state index contributed by atoms with van der Waals surface area (Å²) in [5.41, 5.74) is 0.595. The minimum absolute atomic E-state index is 0.0619. The first-order valence-corrected chi connectivity index (χ1v) is 12.6. The van der Waals surface area contributed by atoms with E-state index in [2.05, 4.69) is 5.32 Å². The van der Waals surface area contributed by atoms with Gasteiger partial charge in [-0.1, -0.05) is 12.5 Å². The molecule has 0 aliphatic carbocycles. The number of carbonyl (C=O) groups excluding carboxylic acids is 2. The largest absolute Gasteiger partial charge is 0.495 e. The van der Waals surface area contributed by atoms with E-state index >= 15 is 0 Å². The summed E-state index contributed by atoms with van der Waals surface area (Å²) in [6, 6.07) is 4.80. The summed E-state index contributed by atoms with van der Waals surface area (Å²) in [6.07, 6.45) is 4.45. The van der Waals surface area contributed by atoms with Crippen molar-refractivity contribution in [1.29, 1.82) is 0 Å². The normalized spacial score (nSPS) is 18.3. The molecule has 0 saturated carbocycles. The second-order valence-corrected chi connectivity index (χ2v) is 9.98. The molecule has 1 aromatic carbocycles. The molecule has 0 atom stereocenters. The van der Waals surface area contributed by atoms with Crippen LogP contribution in [0.3, 0.4) is 0 Å². The predicted molar refractivity (Wildman–Crippen MR) is 119 cm³/mol. The highest BCUT2D eigenvalue weighted by molar-refractivity contribution is 7.89. The number of methoxy groups -OCH3 is 1. The maximum Gasteiger partial charge on any atom is 0.246 e. The third kappa shape index (κ3) is 6.43. The zero-order valence-corrected chi connectivity index (χ0v) is 19.5. The first-order chi connectivity index (χ1) is 15.4. The number of likely N-dealkylation sites (tertiary alicyclic amines) is 1. The zero-order valence-electron chi connectivity index (χ0n) is 18.7. The van der Waals surface area contributed by atoms with E-state index in [-0.39, 0.29) is 42.0 Å². The molecule has 9 nitrogen and oxygen atoms in total. The lowest BCUT2D eigenvalue weighted by molar-refractivity contribution is -0.130. The van der Waals surface area contributed by atoms with E-state index in [0.717, 1.165) is 25.8 Å². The molecule has 0 radical (unpaired) electrons. The van der Waals surface area contributed by atoms with E-state index in [0.29, 0.717) is 44.7 Å². The van der Waals surface area contributed by atoms with E-state index < -0.39 is 10.0 Å². The molecule has 0 bridgehead atoms. The van der Waals surface area contributed by atoms with E-state index in [1.165, 1.54) is 17.5 Å². The quantitative estimate of drug-likeness (QED) is 0.547. The lowest BCUT2D eigenvalue weighted by Crippen LogP contribution is -2.40. The van der Waals surface area contributed by atoms with Crippen LogP contribution in [-0.4, -0.2) is 82.5 Å². The van der Waals surface area contributed by atoms with E-state index in [4.69, 9.17) is 9.47 Å². The Hall–Kier alpha value is -2.17. The second kappa shape index (κ2) is 11.6. The van der Waals surface area contributed by atoms with E-state index in [1.54, 1.807) is 12.1 Å². The molecule has 2 heterocycles. The number of rotatable bonds is 9. The van der Waals surface area contributed by atoms with Gasteiger partial charge in [-0.3, -0.25) is 9.59 Å². The number of carbonyl (C=O) groups is 2. The minimum Gasteiger partial charge on any atom is -0.495 e. The van der Waals surface area contributed by atoms with Gasteiger partial charge in [0.15, 0.2) is 0 Å². The molecular weight excluding hydrogens is 434 g/mol.